The monoisotopic (exact) mass is 516 g/mol. The minimum absolute atomic E-state index is 0.0642. The first-order chi connectivity index (χ1) is 17.6. The van der Waals surface area contributed by atoms with Gasteiger partial charge in [-0.3, -0.25) is 14.9 Å². The molecular weight excluding hydrogens is 487 g/mol. The molecule has 0 spiro atoms. The fourth-order valence-electron chi connectivity index (χ4n) is 3.82. The number of fused-ring (bicyclic) bond motifs is 1. The van der Waals surface area contributed by atoms with Gasteiger partial charge in [-0.15, -0.1) is 0 Å². The molecule has 3 heterocycles. The van der Waals surface area contributed by atoms with Gasteiger partial charge in [0.05, 0.1) is 44.0 Å². The maximum absolute atomic E-state index is 13.5. The summed E-state index contributed by atoms with van der Waals surface area (Å²) in [6.45, 7) is 6.69. The Hall–Kier alpha value is -3.14. The average molecular weight is 517 g/mol. The highest BCUT2D eigenvalue weighted by Crippen LogP contribution is 2.36. The number of rotatable bonds is 8. The molecule has 1 saturated heterocycles. The predicted molar refractivity (Wildman–Crippen MR) is 140 cm³/mol. The smallest absolute Gasteiger partial charge is 0.169 e. The van der Waals surface area contributed by atoms with E-state index in [-0.39, 0.29) is 5.02 Å². The molecule has 3 aromatic rings. The third-order valence-corrected chi connectivity index (χ3v) is 5.98. The van der Waals surface area contributed by atoms with Crippen molar-refractivity contribution >= 4 is 40.3 Å². The zero-order valence-corrected chi connectivity index (χ0v) is 21.0. The van der Waals surface area contributed by atoms with Crippen LogP contribution in [0.2, 0.25) is 5.02 Å². The van der Waals surface area contributed by atoms with E-state index in [9.17, 15) is 4.39 Å². The summed E-state index contributed by atoms with van der Waals surface area (Å²) in [6, 6.07) is 10.2. The van der Waals surface area contributed by atoms with Gasteiger partial charge < -0.3 is 24.3 Å². The van der Waals surface area contributed by atoms with Gasteiger partial charge >= 0.3 is 0 Å². The maximum Gasteiger partial charge on any atom is 0.169 e. The number of benzene rings is 2. The summed E-state index contributed by atoms with van der Waals surface area (Å²) in [5.41, 5.74) is 2.26. The van der Waals surface area contributed by atoms with Crippen molar-refractivity contribution in [2.45, 2.75) is 6.42 Å². The lowest BCUT2D eigenvalue weighted by Gasteiger charge is -2.26. The molecule has 0 radical (unpaired) electrons. The van der Waals surface area contributed by atoms with E-state index in [0.29, 0.717) is 23.8 Å². The maximum atomic E-state index is 13.5. The van der Waals surface area contributed by atoms with Gasteiger partial charge in [-0.05, 0) is 36.8 Å². The molecule has 1 aromatic heterocycles. The third-order valence-electron chi connectivity index (χ3n) is 5.69. The van der Waals surface area contributed by atoms with Gasteiger partial charge in [0.25, 0.3) is 0 Å². The minimum atomic E-state index is -0.454. The molecule has 0 aliphatic carbocycles. The molecular formula is C26H30ClFN4O4. The summed E-state index contributed by atoms with van der Waals surface area (Å²) >= 11 is 5.92. The Morgan fingerprint density at radius 3 is 2.67 bits per heavy atom. The Kier molecular flexibility index (Phi) is 9.54. The average Bonchev–Trinajstić information content (AvgIpc) is 3.50. The van der Waals surface area contributed by atoms with Crippen LogP contribution in [0.1, 0.15) is 6.42 Å². The highest BCUT2D eigenvalue weighted by Gasteiger charge is 2.13. The number of anilines is 2. The van der Waals surface area contributed by atoms with E-state index in [0.717, 1.165) is 69.0 Å². The summed E-state index contributed by atoms with van der Waals surface area (Å²) in [7, 11) is 1.62. The van der Waals surface area contributed by atoms with Crippen LogP contribution >= 0.6 is 11.6 Å². The van der Waals surface area contributed by atoms with Crippen LogP contribution < -0.4 is 14.8 Å². The minimum Gasteiger partial charge on any atom is -0.493 e. The molecule has 8 nitrogen and oxygen atoms in total. The van der Waals surface area contributed by atoms with Crippen LogP contribution in [0.15, 0.2) is 47.6 Å². The van der Waals surface area contributed by atoms with E-state index < -0.39 is 5.82 Å². The SMILES string of the molecule is C1=NCCO1.COc1cc2nccc(Nc3ccc(F)c(Cl)c3)c2cc1OCCCN1CCOCC1. The van der Waals surface area contributed by atoms with Gasteiger partial charge in [-0.1, -0.05) is 11.6 Å². The third kappa shape index (κ3) is 7.19. The standard InChI is InChI=1S/C23H25ClFN3O3.C3H5NO/c1-29-22-15-21-17(14-23(22)31-10-2-7-28-8-11-30-12-9-28)20(5-6-26-21)27-16-3-4-19(25)18(24)13-16;1-2-5-3-4-1/h3-6,13-15H,2,7-12H2,1H3,(H,26,27);3H,1-2H2. The molecule has 2 aromatic carbocycles. The molecule has 5 rings (SSSR count). The molecule has 0 bridgehead atoms. The van der Waals surface area contributed by atoms with E-state index in [1.54, 1.807) is 25.4 Å². The molecule has 2 aliphatic rings. The highest BCUT2D eigenvalue weighted by molar-refractivity contribution is 6.31. The van der Waals surface area contributed by atoms with Crippen LogP contribution in [-0.4, -0.2) is 76.0 Å². The van der Waals surface area contributed by atoms with E-state index in [1.807, 2.05) is 18.2 Å². The quantitative estimate of drug-likeness (QED) is 0.425. The largest absolute Gasteiger partial charge is 0.493 e. The number of morpholine rings is 1. The summed E-state index contributed by atoms with van der Waals surface area (Å²) in [4.78, 5) is 10.6. The lowest BCUT2D eigenvalue weighted by atomic mass is 10.1. The van der Waals surface area contributed by atoms with Crippen molar-refractivity contribution in [3.8, 4) is 11.5 Å². The van der Waals surface area contributed by atoms with Gasteiger partial charge in [0, 0.05) is 48.7 Å². The van der Waals surface area contributed by atoms with Crippen molar-refractivity contribution in [2.24, 2.45) is 4.99 Å². The molecule has 0 atom stereocenters. The van der Waals surface area contributed by atoms with Crippen molar-refractivity contribution in [3.05, 3.63) is 53.4 Å². The number of aliphatic imine (C=N–C) groups is 1. The van der Waals surface area contributed by atoms with Gasteiger partial charge in [0.15, 0.2) is 17.9 Å². The van der Waals surface area contributed by atoms with Crippen LogP contribution in [0.5, 0.6) is 11.5 Å². The highest BCUT2D eigenvalue weighted by atomic mass is 35.5. The second-order valence-corrected chi connectivity index (χ2v) is 8.58. The van der Waals surface area contributed by atoms with E-state index >= 15 is 0 Å². The second-order valence-electron chi connectivity index (χ2n) is 8.17. The number of ether oxygens (including phenoxy) is 4. The molecule has 0 amide bonds. The molecule has 0 unspecified atom stereocenters. The number of aromatic nitrogens is 1. The number of nitrogens with one attached hydrogen (secondary N) is 1. The van der Waals surface area contributed by atoms with Crippen molar-refractivity contribution in [2.75, 3.05) is 65.0 Å². The summed E-state index contributed by atoms with van der Waals surface area (Å²) < 4.78 is 35.1. The number of halogens is 2. The predicted octanol–water partition coefficient (Wildman–Crippen LogP) is 4.93. The topological polar surface area (TPSA) is 77.4 Å². The zero-order chi connectivity index (χ0) is 25.2. The second kappa shape index (κ2) is 13.2. The lowest BCUT2D eigenvalue weighted by molar-refractivity contribution is 0.0357. The van der Waals surface area contributed by atoms with Crippen LogP contribution in [0.3, 0.4) is 0 Å². The van der Waals surface area contributed by atoms with Crippen LogP contribution in [0.25, 0.3) is 10.9 Å². The van der Waals surface area contributed by atoms with E-state index in [2.05, 4.69) is 24.9 Å². The van der Waals surface area contributed by atoms with Crippen molar-refractivity contribution in [3.63, 3.8) is 0 Å². The first-order valence-corrected chi connectivity index (χ1v) is 12.2. The number of methoxy groups -OCH3 is 1. The Balaban J connectivity index is 0.000000543. The number of hydrogen-bond donors (Lipinski definition) is 1. The van der Waals surface area contributed by atoms with Crippen molar-refractivity contribution < 1.29 is 23.3 Å². The molecule has 1 N–H and O–H groups in total. The van der Waals surface area contributed by atoms with E-state index in [1.165, 1.54) is 12.5 Å². The number of hydrogen-bond acceptors (Lipinski definition) is 8. The van der Waals surface area contributed by atoms with Gasteiger partial charge in [-0.25, -0.2) is 4.39 Å². The Labute approximate surface area is 215 Å². The first-order valence-electron chi connectivity index (χ1n) is 11.9. The zero-order valence-electron chi connectivity index (χ0n) is 20.2. The lowest BCUT2D eigenvalue weighted by Crippen LogP contribution is -2.37. The molecule has 0 saturated carbocycles. The van der Waals surface area contributed by atoms with Gasteiger partial charge in [0.1, 0.15) is 12.4 Å². The summed E-state index contributed by atoms with van der Waals surface area (Å²) in [5, 5.41) is 4.22. The van der Waals surface area contributed by atoms with Gasteiger partial charge in [0.2, 0.25) is 0 Å². The molecule has 36 heavy (non-hydrogen) atoms. The van der Waals surface area contributed by atoms with Crippen LogP contribution in [0, 0.1) is 5.82 Å². The molecule has 10 heteroatoms. The Morgan fingerprint density at radius 2 is 1.97 bits per heavy atom. The van der Waals surface area contributed by atoms with Crippen LogP contribution in [-0.2, 0) is 9.47 Å². The molecule has 192 valence electrons. The first kappa shape index (κ1) is 25.9. The number of pyridine rings is 1. The molecule has 1 fully saturated rings. The van der Waals surface area contributed by atoms with E-state index in [4.69, 9.17) is 25.8 Å². The fraction of sp³-hybridized carbons (Fsp3) is 0.385. The summed E-state index contributed by atoms with van der Waals surface area (Å²) in [5.74, 6) is 0.836. The molecule has 2 aliphatic heterocycles. The normalized spacial score (nSPS) is 15.2. The Bertz CT molecular complexity index is 1170. The number of nitrogens with zero attached hydrogens (tertiary/aromatic N) is 3. The fourth-order valence-corrected chi connectivity index (χ4v) is 4.00. The van der Waals surface area contributed by atoms with Crippen LogP contribution in [0.4, 0.5) is 15.8 Å². The summed E-state index contributed by atoms with van der Waals surface area (Å²) in [6.07, 6.45) is 4.10. The van der Waals surface area contributed by atoms with Gasteiger partial charge in [-0.2, -0.15) is 0 Å². The Morgan fingerprint density at radius 1 is 1.11 bits per heavy atom. The van der Waals surface area contributed by atoms with Crippen molar-refractivity contribution in [1.29, 1.82) is 0 Å². The van der Waals surface area contributed by atoms with Crippen molar-refractivity contribution in [1.82, 2.24) is 9.88 Å².